The number of hydrogen-bond donors (Lipinski definition) is 1. The highest BCUT2D eigenvalue weighted by molar-refractivity contribution is 5.87. The van der Waals surface area contributed by atoms with Gasteiger partial charge in [0.25, 0.3) is 0 Å². The van der Waals surface area contributed by atoms with Crippen LogP contribution in [-0.2, 0) is 9.59 Å². The van der Waals surface area contributed by atoms with Crippen molar-refractivity contribution < 1.29 is 9.59 Å². The molecule has 0 saturated carbocycles. The van der Waals surface area contributed by atoms with Crippen LogP contribution in [0.1, 0.15) is 13.3 Å². The predicted molar refractivity (Wildman–Crippen MR) is 39.3 cm³/mol. The molecule has 1 radical (unpaired) electrons. The van der Waals surface area contributed by atoms with E-state index in [0.717, 1.165) is 6.42 Å². The average molecular weight is 155 g/mol. The van der Waals surface area contributed by atoms with Crippen molar-refractivity contribution in [3.63, 3.8) is 0 Å². The summed E-state index contributed by atoms with van der Waals surface area (Å²) in [7, 11) is 0. The molecular formula is C7H11N2O2. The molecule has 1 aliphatic heterocycles. The fraction of sp³-hybridized carbons (Fsp3) is 0.571. The lowest BCUT2D eigenvalue weighted by Crippen LogP contribution is -2.42. The molecule has 1 heterocycles. The van der Waals surface area contributed by atoms with Crippen LogP contribution < -0.4 is 5.73 Å². The Bertz CT molecular complexity index is 171. The SMILES string of the molecule is CC(=O)N1CC[CH][C@H]1C(N)=O. The summed E-state index contributed by atoms with van der Waals surface area (Å²) in [5.74, 6) is -0.541. The molecule has 1 saturated heterocycles. The van der Waals surface area contributed by atoms with Crippen molar-refractivity contribution in [1.29, 1.82) is 0 Å². The summed E-state index contributed by atoms with van der Waals surface area (Å²) in [4.78, 5) is 23.0. The quantitative estimate of drug-likeness (QED) is 0.544. The van der Waals surface area contributed by atoms with Crippen LogP contribution in [-0.4, -0.2) is 29.3 Å². The molecule has 2 amide bonds. The maximum Gasteiger partial charge on any atom is 0.240 e. The van der Waals surface area contributed by atoms with Crippen molar-refractivity contribution in [3.05, 3.63) is 6.42 Å². The number of likely N-dealkylation sites (tertiary alicyclic amines) is 1. The first kappa shape index (κ1) is 8.04. The Hall–Kier alpha value is -1.06. The first-order chi connectivity index (χ1) is 5.13. The third kappa shape index (κ3) is 1.50. The van der Waals surface area contributed by atoms with Crippen LogP contribution in [0.2, 0.25) is 0 Å². The zero-order valence-electron chi connectivity index (χ0n) is 6.41. The Morgan fingerprint density at radius 2 is 2.27 bits per heavy atom. The highest BCUT2D eigenvalue weighted by atomic mass is 16.2. The average Bonchev–Trinajstić information content (AvgIpc) is 2.32. The fourth-order valence-electron chi connectivity index (χ4n) is 1.26. The van der Waals surface area contributed by atoms with E-state index in [2.05, 4.69) is 0 Å². The van der Waals surface area contributed by atoms with Crippen molar-refractivity contribution in [1.82, 2.24) is 4.90 Å². The Kier molecular flexibility index (Phi) is 2.12. The van der Waals surface area contributed by atoms with Gasteiger partial charge in [-0.2, -0.15) is 0 Å². The number of primary amides is 1. The molecular weight excluding hydrogens is 144 g/mol. The summed E-state index contributed by atoms with van der Waals surface area (Å²) in [6, 6.07) is -0.479. The van der Waals surface area contributed by atoms with Crippen molar-refractivity contribution in [2.24, 2.45) is 5.73 Å². The zero-order valence-corrected chi connectivity index (χ0v) is 6.41. The number of nitrogens with zero attached hydrogens (tertiary/aromatic N) is 1. The van der Waals surface area contributed by atoms with Gasteiger partial charge in [0.1, 0.15) is 6.04 Å². The second-order valence-corrected chi connectivity index (χ2v) is 2.58. The Labute approximate surface area is 65.3 Å². The molecule has 61 valence electrons. The maximum absolute atomic E-state index is 10.9. The van der Waals surface area contributed by atoms with E-state index >= 15 is 0 Å². The Morgan fingerprint density at radius 3 is 2.64 bits per heavy atom. The minimum atomic E-state index is -0.479. The standard InChI is InChI=1S/C7H11N2O2/c1-5(10)9-4-2-3-6(9)7(8)11/h3,6H,2,4H2,1H3,(H2,8,11)/t6-/m0/s1. The van der Waals surface area contributed by atoms with Gasteiger partial charge >= 0.3 is 0 Å². The van der Waals surface area contributed by atoms with Crippen LogP contribution in [0.5, 0.6) is 0 Å². The van der Waals surface area contributed by atoms with Gasteiger partial charge in [-0.05, 0) is 12.8 Å². The molecule has 0 aromatic heterocycles. The van der Waals surface area contributed by atoms with E-state index in [1.165, 1.54) is 11.8 Å². The lowest BCUT2D eigenvalue weighted by molar-refractivity contribution is -0.134. The molecule has 1 fully saturated rings. The van der Waals surface area contributed by atoms with E-state index in [1.54, 1.807) is 6.42 Å². The third-order valence-corrected chi connectivity index (χ3v) is 1.79. The van der Waals surface area contributed by atoms with Gasteiger partial charge in [0.15, 0.2) is 0 Å². The van der Waals surface area contributed by atoms with Gasteiger partial charge in [-0.15, -0.1) is 0 Å². The second kappa shape index (κ2) is 2.90. The van der Waals surface area contributed by atoms with Crippen LogP contribution in [0.3, 0.4) is 0 Å². The van der Waals surface area contributed by atoms with Crippen LogP contribution in [0.15, 0.2) is 0 Å². The number of hydrogen-bond acceptors (Lipinski definition) is 2. The van der Waals surface area contributed by atoms with Gasteiger partial charge in [0.2, 0.25) is 11.8 Å². The van der Waals surface area contributed by atoms with Crippen molar-refractivity contribution in [3.8, 4) is 0 Å². The maximum atomic E-state index is 10.9. The molecule has 1 aliphatic rings. The molecule has 11 heavy (non-hydrogen) atoms. The Balaban J connectivity index is 2.65. The summed E-state index contributed by atoms with van der Waals surface area (Å²) < 4.78 is 0. The topological polar surface area (TPSA) is 63.4 Å². The van der Waals surface area contributed by atoms with Gasteiger partial charge in [-0.25, -0.2) is 0 Å². The molecule has 2 N–H and O–H groups in total. The highest BCUT2D eigenvalue weighted by Crippen LogP contribution is 2.15. The molecule has 4 nitrogen and oxygen atoms in total. The lowest BCUT2D eigenvalue weighted by atomic mass is 10.2. The van der Waals surface area contributed by atoms with Crippen molar-refractivity contribution in [2.45, 2.75) is 19.4 Å². The van der Waals surface area contributed by atoms with E-state index in [1.807, 2.05) is 0 Å². The summed E-state index contributed by atoms with van der Waals surface area (Å²) >= 11 is 0. The van der Waals surface area contributed by atoms with Crippen molar-refractivity contribution >= 4 is 11.8 Å². The molecule has 1 atom stereocenters. The van der Waals surface area contributed by atoms with E-state index < -0.39 is 11.9 Å². The molecule has 0 aliphatic carbocycles. The molecule has 0 aromatic carbocycles. The van der Waals surface area contributed by atoms with E-state index in [4.69, 9.17) is 5.73 Å². The summed E-state index contributed by atoms with van der Waals surface area (Å²) in [5.41, 5.74) is 5.06. The highest BCUT2D eigenvalue weighted by Gasteiger charge is 2.30. The van der Waals surface area contributed by atoms with Gasteiger partial charge < -0.3 is 10.6 Å². The number of carbonyl (C=O) groups is 2. The minimum Gasteiger partial charge on any atom is -0.368 e. The molecule has 0 aromatic rings. The third-order valence-electron chi connectivity index (χ3n) is 1.79. The van der Waals surface area contributed by atoms with E-state index in [0.29, 0.717) is 6.54 Å². The summed E-state index contributed by atoms with van der Waals surface area (Å²) in [6.45, 7) is 2.05. The number of carbonyl (C=O) groups excluding carboxylic acids is 2. The van der Waals surface area contributed by atoms with Gasteiger partial charge in [0, 0.05) is 13.5 Å². The lowest BCUT2D eigenvalue weighted by Gasteiger charge is -2.19. The minimum absolute atomic E-state index is 0.0949. The summed E-state index contributed by atoms with van der Waals surface area (Å²) in [5, 5.41) is 0. The molecule has 0 spiro atoms. The molecule has 1 rings (SSSR count). The van der Waals surface area contributed by atoms with Crippen LogP contribution in [0.25, 0.3) is 0 Å². The van der Waals surface area contributed by atoms with Crippen LogP contribution >= 0.6 is 0 Å². The monoisotopic (exact) mass is 155 g/mol. The largest absolute Gasteiger partial charge is 0.368 e. The van der Waals surface area contributed by atoms with Gasteiger partial charge in [-0.3, -0.25) is 9.59 Å². The van der Waals surface area contributed by atoms with E-state index in [9.17, 15) is 9.59 Å². The van der Waals surface area contributed by atoms with Crippen LogP contribution in [0, 0.1) is 6.42 Å². The van der Waals surface area contributed by atoms with Gasteiger partial charge in [0.05, 0.1) is 0 Å². The number of nitrogens with two attached hydrogens (primary N) is 1. The predicted octanol–water partition coefficient (Wildman–Crippen LogP) is -0.703. The smallest absolute Gasteiger partial charge is 0.240 e. The van der Waals surface area contributed by atoms with Crippen molar-refractivity contribution in [2.75, 3.05) is 6.54 Å². The fourth-order valence-corrected chi connectivity index (χ4v) is 1.26. The molecule has 0 unspecified atom stereocenters. The van der Waals surface area contributed by atoms with Gasteiger partial charge in [-0.1, -0.05) is 0 Å². The molecule has 0 bridgehead atoms. The zero-order chi connectivity index (χ0) is 8.43. The first-order valence-electron chi connectivity index (χ1n) is 3.53. The first-order valence-corrected chi connectivity index (χ1v) is 3.53. The molecule has 4 heteroatoms. The number of amides is 2. The van der Waals surface area contributed by atoms with E-state index in [-0.39, 0.29) is 5.91 Å². The number of rotatable bonds is 1. The Morgan fingerprint density at radius 1 is 1.64 bits per heavy atom. The summed E-state index contributed by atoms with van der Waals surface area (Å²) in [6.07, 6.45) is 2.52. The second-order valence-electron chi connectivity index (χ2n) is 2.58. The normalized spacial score (nSPS) is 23.7. The van der Waals surface area contributed by atoms with Crippen LogP contribution in [0.4, 0.5) is 0 Å².